The van der Waals surface area contributed by atoms with Gasteiger partial charge in [-0.2, -0.15) is 0 Å². The fraction of sp³-hybridized carbons (Fsp3) is 0.538. The monoisotopic (exact) mass is 206 g/mol. The number of anilines is 2. The van der Waals surface area contributed by atoms with Gasteiger partial charge in [0.05, 0.1) is 0 Å². The molecule has 0 aliphatic heterocycles. The Morgan fingerprint density at radius 3 is 2.60 bits per heavy atom. The number of nitrogen functional groups attached to an aromatic ring is 1. The van der Waals surface area contributed by atoms with Gasteiger partial charge in [-0.05, 0) is 36.5 Å². The molecule has 2 heteroatoms. The summed E-state index contributed by atoms with van der Waals surface area (Å²) in [4.78, 5) is 0. The standard InChI is InChI=1S/C13H22N2/c1-5-13(3,4)9-15-12-8-6-7-11(14)10(12)2/h6-8,15H,5,9,14H2,1-4H3. The lowest BCUT2D eigenvalue weighted by molar-refractivity contribution is 0.377. The molecule has 0 spiro atoms. The van der Waals surface area contributed by atoms with Crippen LogP contribution in [-0.2, 0) is 0 Å². The van der Waals surface area contributed by atoms with Gasteiger partial charge in [-0.15, -0.1) is 0 Å². The smallest absolute Gasteiger partial charge is 0.0390 e. The van der Waals surface area contributed by atoms with Crippen LogP contribution in [0.25, 0.3) is 0 Å². The lowest BCUT2D eigenvalue weighted by Gasteiger charge is -2.24. The second-order valence-electron chi connectivity index (χ2n) is 4.89. The normalized spacial score (nSPS) is 11.5. The van der Waals surface area contributed by atoms with E-state index >= 15 is 0 Å². The van der Waals surface area contributed by atoms with E-state index in [1.54, 1.807) is 0 Å². The third kappa shape index (κ3) is 3.15. The molecule has 2 nitrogen and oxygen atoms in total. The SMILES string of the molecule is CCC(C)(C)CNc1cccc(N)c1C. The lowest BCUT2D eigenvalue weighted by atomic mass is 9.90. The van der Waals surface area contributed by atoms with Gasteiger partial charge in [0, 0.05) is 17.9 Å². The number of nitrogens with one attached hydrogen (secondary N) is 1. The third-order valence-corrected chi connectivity index (χ3v) is 3.09. The molecule has 1 rings (SSSR count). The molecule has 1 aromatic carbocycles. The number of rotatable bonds is 4. The Hall–Kier alpha value is -1.18. The molecule has 84 valence electrons. The predicted octanol–water partition coefficient (Wildman–Crippen LogP) is 3.43. The van der Waals surface area contributed by atoms with Crippen molar-refractivity contribution >= 4 is 11.4 Å². The maximum atomic E-state index is 5.85. The van der Waals surface area contributed by atoms with Crippen molar-refractivity contribution in [2.24, 2.45) is 5.41 Å². The van der Waals surface area contributed by atoms with Gasteiger partial charge in [-0.3, -0.25) is 0 Å². The molecule has 0 saturated carbocycles. The highest BCUT2D eigenvalue weighted by Gasteiger charge is 2.14. The van der Waals surface area contributed by atoms with Crippen molar-refractivity contribution in [3.05, 3.63) is 23.8 Å². The van der Waals surface area contributed by atoms with Crippen LogP contribution in [0.4, 0.5) is 11.4 Å². The molecule has 3 N–H and O–H groups in total. The Labute approximate surface area is 92.9 Å². The van der Waals surface area contributed by atoms with Crippen LogP contribution < -0.4 is 11.1 Å². The lowest BCUT2D eigenvalue weighted by Crippen LogP contribution is -2.22. The van der Waals surface area contributed by atoms with E-state index in [2.05, 4.69) is 39.1 Å². The van der Waals surface area contributed by atoms with Crippen LogP contribution in [-0.4, -0.2) is 6.54 Å². The first-order chi connectivity index (χ1) is 6.96. The van der Waals surface area contributed by atoms with Crippen LogP contribution in [0.5, 0.6) is 0 Å². The van der Waals surface area contributed by atoms with Gasteiger partial charge < -0.3 is 11.1 Å². The maximum Gasteiger partial charge on any atom is 0.0390 e. The first-order valence-corrected chi connectivity index (χ1v) is 5.55. The molecule has 0 aromatic heterocycles. The molecule has 1 aromatic rings. The first kappa shape index (κ1) is 11.9. The highest BCUT2D eigenvalue weighted by atomic mass is 14.9. The fourth-order valence-electron chi connectivity index (χ4n) is 1.30. The van der Waals surface area contributed by atoms with Gasteiger partial charge in [-0.1, -0.05) is 26.8 Å². The molecule has 15 heavy (non-hydrogen) atoms. The second-order valence-corrected chi connectivity index (χ2v) is 4.89. The van der Waals surface area contributed by atoms with Crippen LogP contribution in [0.15, 0.2) is 18.2 Å². The maximum absolute atomic E-state index is 5.85. The minimum Gasteiger partial charge on any atom is -0.398 e. The molecule has 0 radical (unpaired) electrons. The summed E-state index contributed by atoms with van der Waals surface area (Å²) in [5, 5.41) is 3.46. The highest BCUT2D eigenvalue weighted by Crippen LogP contribution is 2.24. The molecular formula is C13H22N2. The average molecular weight is 206 g/mol. The van der Waals surface area contributed by atoms with E-state index < -0.39 is 0 Å². The summed E-state index contributed by atoms with van der Waals surface area (Å²) in [6.45, 7) is 9.78. The van der Waals surface area contributed by atoms with E-state index in [1.807, 2.05) is 12.1 Å². The minimum absolute atomic E-state index is 0.330. The van der Waals surface area contributed by atoms with Crippen LogP contribution >= 0.6 is 0 Å². The first-order valence-electron chi connectivity index (χ1n) is 5.55. The van der Waals surface area contributed by atoms with Gasteiger partial charge in [0.2, 0.25) is 0 Å². The van der Waals surface area contributed by atoms with Crippen molar-refractivity contribution in [1.29, 1.82) is 0 Å². The van der Waals surface area contributed by atoms with Gasteiger partial charge in [0.25, 0.3) is 0 Å². The molecule has 0 saturated heterocycles. The summed E-state index contributed by atoms with van der Waals surface area (Å²) in [5.74, 6) is 0. The summed E-state index contributed by atoms with van der Waals surface area (Å²) < 4.78 is 0. The minimum atomic E-state index is 0.330. The summed E-state index contributed by atoms with van der Waals surface area (Å²) in [6, 6.07) is 6.01. The highest BCUT2D eigenvalue weighted by molar-refractivity contribution is 5.62. The predicted molar refractivity (Wildman–Crippen MR) is 68.2 cm³/mol. The van der Waals surface area contributed by atoms with Crippen molar-refractivity contribution in [2.75, 3.05) is 17.6 Å². The number of hydrogen-bond acceptors (Lipinski definition) is 2. The molecule has 0 aliphatic carbocycles. The van der Waals surface area contributed by atoms with Crippen molar-refractivity contribution in [1.82, 2.24) is 0 Å². The van der Waals surface area contributed by atoms with Crippen LogP contribution in [0, 0.1) is 12.3 Å². The van der Waals surface area contributed by atoms with E-state index in [0.29, 0.717) is 5.41 Å². The zero-order valence-corrected chi connectivity index (χ0v) is 10.2. The molecule has 0 amide bonds. The van der Waals surface area contributed by atoms with Gasteiger partial charge in [0.1, 0.15) is 0 Å². The third-order valence-electron chi connectivity index (χ3n) is 3.09. The van der Waals surface area contributed by atoms with E-state index in [-0.39, 0.29) is 0 Å². The van der Waals surface area contributed by atoms with Crippen LogP contribution in [0.3, 0.4) is 0 Å². The summed E-state index contributed by atoms with van der Waals surface area (Å²) >= 11 is 0. The second kappa shape index (κ2) is 4.56. The molecule has 0 atom stereocenters. The van der Waals surface area contributed by atoms with E-state index in [0.717, 1.165) is 23.5 Å². The number of benzene rings is 1. The summed E-state index contributed by atoms with van der Waals surface area (Å²) in [5.41, 5.74) is 9.33. The molecule has 0 fully saturated rings. The van der Waals surface area contributed by atoms with Crippen molar-refractivity contribution in [3.63, 3.8) is 0 Å². The van der Waals surface area contributed by atoms with Crippen LogP contribution in [0.2, 0.25) is 0 Å². The molecule has 0 heterocycles. The van der Waals surface area contributed by atoms with E-state index in [9.17, 15) is 0 Å². The Morgan fingerprint density at radius 2 is 2.00 bits per heavy atom. The quantitative estimate of drug-likeness (QED) is 0.741. The van der Waals surface area contributed by atoms with Crippen molar-refractivity contribution < 1.29 is 0 Å². The average Bonchev–Trinajstić information content (AvgIpc) is 2.20. The zero-order valence-electron chi connectivity index (χ0n) is 10.2. The topological polar surface area (TPSA) is 38.0 Å². The molecule has 0 bridgehead atoms. The molecule has 0 aliphatic rings. The zero-order chi connectivity index (χ0) is 11.5. The van der Waals surface area contributed by atoms with Crippen LogP contribution in [0.1, 0.15) is 32.8 Å². The van der Waals surface area contributed by atoms with Crippen molar-refractivity contribution in [3.8, 4) is 0 Å². The fourth-order valence-corrected chi connectivity index (χ4v) is 1.30. The Balaban J connectivity index is 2.70. The largest absolute Gasteiger partial charge is 0.398 e. The number of nitrogens with two attached hydrogens (primary N) is 1. The number of hydrogen-bond donors (Lipinski definition) is 2. The van der Waals surface area contributed by atoms with Gasteiger partial charge in [-0.25, -0.2) is 0 Å². The van der Waals surface area contributed by atoms with E-state index in [4.69, 9.17) is 5.73 Å². The summed E-state index contributed by atoms with van der Waals surface area (Å²) in [6.07, 6.45) is 1.17. The Kier molecular flexibility index (Phi) is 3.61. The van der Waals surface area contributed by atoms with Crippen molar-refractivity contribution in [2.45, 2.75) is 34.1 Å². The van der Waals surface area contributed by atoms with E-state index in [1.165, 1.54) is 6.42 Å². The Bertz CT molecular complexity index is 329. The summed E-state index contributed by atoms with van der Waals surface area (Å²) in [7, 11) is 0. The molecule has 0 unspecified atom stereocenters. The molecular weight excluding hydrogens is 184 g/mol. The van der Waals surface area contributed by atoms with Gasteiger partial charge in [0.15, 0.2) is 0 Å². The Morgan fingerprint density at radius 1 is 1.33 bits per heavy atom. The van der Waals surface area contributed by atoms with Gasteiger partial charge >= 0.3 is 0 Å².